The molecule has 7 nitrogen and oxygen atoms in total. The molecule has 0 radical (unpaired) electrons. The van der Waals surface area contributed by atoms with E-state index in [0.29, 0.717) is 19.5 Å². The van der Waals surface area contributed by atoms with Crippen molar-refractivity contribution >= 4 is 11.7 Å². The van der Waals surface area contributed by atoms with Crippen LogP contribution in [0.4, 0.5) is 5.82 Å². The van der Waals surface area contributed by atoms with Crippen LogP contribution < -0.4 is 10.2 Å². The van der Waals surface area contributed by atoms with Gasteiger partial charge in [-0.2, -0.15) is 0 Å². The van der Waals surface area contributed by atoms with Gasteiger partial charge >= 0.3 is 0 Å². The first-order valence-corrected chi connectivity index (χ1v) is 8.10. The van der Waals surface area contributed by atoms with Gasteiger partial charge in [-0.25, -0.2) is 4.98 Å². The highest BCUT2D eigenvalue weighted by molar-refractivity contribution is 5.91. The number of anilines is 1. The molecular weight excluding hydrogens is 308 g/mol. The van der Waals surface area contributed by atoms with Crippen LogP contribution in [0, 0.1) is 0 Å². The Labute approximate surface area is 140 Å². The summed E-state index contributed by atoms with van der Waals surface area (Å²) in [4.78, 5) is 18.5. The number of pyridine rings is 1. The van der Waals surface area contributed by atoms with E-state index in [9.17, 15) is 9.90 Å². The summed E-state index contributed by atoms with van der Waals surface area (Å²) in [5.41, 5.74) is -0.241. The number of aromatic nitrogens is 2. The Morgan fingerprint density at radius 1 is 1.50 bits per heavy atom. The van der Waals surface area contributed by atoms with Gasteiger partial charge in [-0.3, -0.25) is 4.79 Å². The van der Waals surface area contributed by atoms with Gasteiger partial charge in [0, 0.05) is 31.9 Å². The van der Waals surface area contributed by atoms with Gasteiger partial charge in [0.25, 0.3) is 5.91 Å². The Kier molecular flexibility index (Phi) is 4.53. The van der Waals surface area contributed by atoms with Crippen molar-refractivity contribution in [1.82, 2.24) is 15.5 Å². The maximum atomic E-state index is 12.1. The molecule has 0 aromatic carbocycles. The van der Waals surface area contributed by atoms with Gasteiger partial charge in [0.15, 0.2) is 0 Å². The predicted octanol–water partition coefficient (Wildman–Crippen LogP) is 1.56. The summed E-state index contributed by atoms with van der Waals surface area (Å²) < 4.78 is 5.06. The summed E-state index contributed by atoms with van der Waals surface area (Å²) in [7, 11) is 0. The highest BCUT2D eigenvalue weighted by atomic mass is 16.5. The summed E-state index contributed by atoms with van der Waals surface area (Å²) in [6.45, 7) is 5.24. The Hall–Kier alpha value is -2.41. The second-order valence-corrected chi connectivity index (χ2v) is 6.54. The Bertz CT molecular complexity index is 701. The first-order chi connectivity index (χ1) is 11.5. The monoisotopic (exact) mass is 330 g/mol. The van der Waals surface area contributed by atoms with E-state index in [2.05, 4.69) is 15.5 Å². The zero-order valence-electron chi connectivity index (χ0n) is 13.9. The number of aliphatic hydroxyl groups is 1. The molecule has 0 saturated carbocycles. The fourth-order valence-corrected chi connectivity index (χ4v) is 2.74. The number of nitrogens with zero attached hydrogens (tertiary/aromatic N) is 3. The number of amides is 1. The molecule has 1 aliphatic heterocycles. The Morgan fingerprint density at radius 3 is 3.00 bits per heavy atom. The number of hydrogen-bond acceptors (Lipinski definition) is 6. The second-order valence-electron chi connectivity index (χ2n) is 6.54. The van der Waals surface area contributed by atoms with E-state index < -0.39 is 5.60 Å². The minimum atomic E-state index is -0.978. The first kappa shape index (κ1) is 16.4. The van der Waals surface area contributed by atoms with Gasteiger partial charge in [0.2, 0.25) is 5.76 Å². The molecular formula is C17H22N4O3. The molecule has 2 aromatic rings. The van der Waals surface area contributed by atoms with Crippen LogP contribution in [0.2, 0.25) is 0 Å². The molecule has 1 atom stereocenters. The highest BCUT2D eigenvalue weighted by Crippen LogP contribution is 2.25. The van der Waals surface area contributed by atoms with Crippen molar-refractivity contribution in [2.45, 2.75) is 31.8 Å². The smallest absolute Gasteiger partial charge is 0.290 e. The van der Waals surface area contributed by atoms with E-state index in [1.165, 1.54) is 0 Å². The zero-order valence-corrected chi connectivity index (χ0v) is 13.9. The lowest BCUT2D eigenvalue weighted by Gasteiger charge is -2.23. The fraction of sp³-hybridized carbons (Fsp3) is 0.471. The van der Waals surface area contributed by atoms with E-state index >= 15 is 0 Å². The third kappa shape index (κ3) is 3.56. The fourth-order valence-electron chi connectivity index (χ4n) is 2.74. The number of β-amino-alcohol motifs (C(OH)–C–C–N with tert-alkyl or cyclic N) is 1. The molecule has 0 bridgehead atoms. The van der Waals surface area contributed by atoms with Gasteiger partial charge in [-0.15, -0.1) is 0 Å². The molecule has 24 heavy (non-hydrogen) atoms. The van der Waals surface area contributed by atoms with Gasteiger partial charge < -0.3 is 19.8 Å². The van der Waals surface area contributed by atoms with Gasteiger partial charge in [0.05, 0.1) is 5.69 Å². The summed E-state index contributed by atoms with van der Waals surface area (Å²) in [5, 5.41) is 17.3. The normalized spacial score (nSPS) is 20.6. The van der Waals surface area contributed by atoms with Crippen LogP contribution in [-0.2, 0) is 0 Å². The summed E-state index contributed by atoms with van der Waals surface area (Å²) in [6.07, 6.45) is 2.29. The SMILES string of the molecule is CC(C)c1cc(C(=O)NC[C@@]2(O)CCN(c3ccccn3)C2)on1. The van der Waals surface area contributed by atoms with E-state index in [1.807, 2.05) is 36.9 Å². The maximum absolute atomic E-state index is 12.1. The molecule has 7 heteroatoms. The third-order valence-electron chi connectivity index (χ3n) is 4.23. The van der Waals surface area contributed by atoms with Crippen LogP contribution in [0.25, 0.3) is 0 Å². The quantitative estimate of drug-likeness (QED) is 0.864. The van der Waals surface area contributed by atoms with E-state index in [-0.39, 0.29) is 24.1 Å². The van der Waals surface area contributed by atoms with Crippen molar-refractivity contribution in [2.75, 3.05) is 24.5 Å². The number of carbonyl (C=O) groups excluding carboxylic acids is 1. The molecule has 0 unspecified atom stereocenters. The lowest BCUT2D eigenvalue weighted by atomic mass is 10.0. The Morgan fingerprint density at radius 2 is 2.33 bits per heavy atom. The molecule has 2 aromatic heterocycles. The highest BCUT2D eigenvalue weighted by Gasteiger charge is 2.37. The maximum Gasteiger partial charge on any atom is 0.290 e. The molecule has 3 heterocycles. The predicted molar refractivity (Wildman–Crippen MR) is 88.9 cm³/mol. The minimum Gasteiger partial charge on any atom is -0.386 e. The molecule has 3 rings (SSSR count). The van der Waals surface area contributed by atoms with Crippen molar-refractivity contribution < 1.29 is 14.4 Å². The van der Waals surface area contributed by atoms with E-state index in [0.717, 1.165) is 11.5 Å². The van der Waals surface area contributed by atoms with Gasteiger partial charge in [-0.05, 0) is 24.5 Å². The van der Waals surface area contributed by atoms with Gasteiger partial charge in [0.1, 0.15) is 11.4 Å². The number of carbonyl (C=O) groups is 1. The molecule has 1 fully saturated rings. The number of hydrogen-bond donors (Lipinski definition) is 2. The molecule has 1 saturated heterocycles. The molecule has 1 amide bonds. The average molecular weight is 330 g/mol. The van der Waals surface area contributed by atoms with Crippen molar-refractivity contribution in [2.24, 2.45) is 0 Å². The van der Waals surface area contributed by atoms with Gasteiger partial charge in [-0.1, -0.05) is 25.1 Å². The third-order valence-corrected chi connectivity index (χ3v) is 4.23. The van der Waals surface area contributed by atoms with Crippen LogP contribution in [0.5, 0.6) is 0 Å². The van der Waals surface area contributed by atoms with Crippen LogP contribution >= 0.6 is 0 Å². The number of rotatable bonds is 5. The Balaban J connectivity index is 1.57. The van der Waals surface area contributed by atoms with Crippen molar-refractivity contribution in [3.05, 3.63) is 41.9 Å². The largest absolute Gasteiger partial charge is 0.386 e. The first-order valence-electron chi connectivity index (χ1n) is 8.10. The van der Waals surface area contributed by atoms with Crippen molar-refractivity contribution in [3.8, 4) is 0 Å². The van der Waals surface area contributed by atoms with E-state index in [1.54, 1.807) is 12.3 Å². The number of nitrogens with one attached hydrogen (secondary N) is 1. The topological polar surface area (TPSA) is 91.5 Å². The summed E-state index contributed by atoms with van der Waals surface area (Å²) in [6, 6.07) is 7.32. The van der Waals surface area contributed by atoms with Crippen LogP contribution in [0.1, 0.15) is 42.4 Å². The summed E-state index contributed by atoms with van der Waals surface area (Å²) >= 11 is 0. The second kappa shape index (κ2) is 6.60. The van der Waals surface area contributed by atoms with E-state index in [4.69, 9.17) is 4.52 Å². The lowest BCUT2D eigenvalue weighted by Crippen LogP contribution is -2.45. The lowest BCUT2D eigenvalue weighted by molar-refractivity contribution is 0.0564. The van der Waals surface area contributed by atoms with Crippen LogP contribution in [0.15, 0.2) is 35.0 Å². The zero-order chi connectivity index (χ0) is 17.2. The van der Waals surface area contributed by atoms with Crippen LogP contribution in [-0.4, -0.2) is 46.4 Å². The molecule has 128 valence electrons. The molecule has 1 aliphatic rings. The minimum absolute atomic E-state index is 0.160. The molecule has 0 spiro atoms. The van der Waals surface area contributed by atoms with Crippen LogP contribution in [0.3, 0.4) is 0 Å². The van der Waals surface area contributed by atoms with Crippen molar-refractivity contribution in [3.63, 3.8) is 0 Å². The summed E-state index contributed by atoms with van der Waals surface area (Å²) in [5.74, 6) is 0.832. The standard InChI is InChI=1S/C17H22N4O3/c1-12(2)13-9-14(24-20-13)16(22)19-10-17(23)6-8-21(11-17)15-5-3-4-7-18-15/h3-5,7,9,12,23H,6,8,10-11H2,1-2H3,(H,19,22)/t17-/m0/s1. The molecule has 2 N–H and O–H groups in total. The molecule has 0 aliphatic carbocycles. The van der Waals surface area contributed by atoms with Crippen molar-refractivity contribution in [1.29, 1.82) is 0 Å². The average Bonchev–Trinajstić information content (AvgIpc) is 3.21.